The van der Waals surface area contributed by atoms with Crippen molar-refractivity contribution in [3.63, 3.8) is 0 Å². The number of carbonyl (C=O) groups excluding carboxylic acids is 1. The fourth-order valence-electron chi connectivity index (χ4n) is 2.64. The smallest absolute Gasteiger partial charge is 0.224 e. The van der Waals surface area contributed by atoms with Gasteiger partial charge in [0, 0.05) is 23.6 Å². The van der Waals surface area contributed by atoms with Crippen molar-refractivity contribution in [1.29, 1.82) is 0 Å². The van der Waals surface area contributed by atoms with Gasteiger partial charge in [0.2, 0.25) is 5.91 Å². The van der Waals surface area contributed by atoms with E-state index in [2.05, 4.69) is 10.3 Å². The Bertz CT molecular complexity index is 857. The largest absolute Gasteiger partial charge is 0.491 e. The number of amides is 1. The highest BCUT2D eigenvalue weighted by molar-refractivity contribution is 5.88. The fraction of sp³-hybridized carbons (Fsp3) is 0.211. The van der Waals surface area contributed by atoms with Gasteiger partial charge in [-0.25, -0.2) is 4.39 Å². The predicted octanol–water partition coefficient (Wildman–Crippen LogP) is 3.56. The van der Waals surface area contributed by atoms with Gasteiger partial charge in [-0.15, -0.1) is 0 Å². The molecular weight excluding hydrogens is 307 g/mol. The van der Waals surface area contributed by atoms with Gasteiger partial charge in [-0.1, -0.05) is 24.3 Å². The number of para-hydroxylation sites is 1. The molecule has 24 heavy (non-hydrogen) atoms. The van der Waals surface area contributed by atoms with Crippen LogP contribution in [0.25, 0.3) is 10.9 Å². The van der Waals surface area contributed by atoms with Crippen molar-refractivity contribution in [2.24, 2.45) is 0 Å². The molecule has 0 aliphatic carbocycles. The van der Waals surface area contributed by atoms with Crippen molar-refractivity contribution in [1.82, 2.24) is 10.3 Å². The first-order valence-corrected chi connectivity index (χ1v) is 7.90. The number of benzene rings is 2. The van der Waals surface area contributed by atoms with Gasteiger partial charge in [0.05, 0.1) is 13.0 Å². The lowest BCUT2D eigenvalue weighted by Crippen LogP contribution is -2.24. The topological polar surface area (TPSA) is 54.1 Å². The van der Waals surface area contributed by atoms with Crippen LogP contribution in [0.5, 0.6) is 5.75 Å². The van der Waals surface area contributed by atoms with E-state index in [0.717, 1.165) is 16.5 Å². The van der Waals surface area contributed by atoms with Crippen molar-refractivity contribution in [2.45, 2.75) is 19.9 Å². The summed E-state index contributed by atoms with van der Waals surface area (Å²) in [6.45, 7) is 2.50. The lowest BCUT2D eigenvalue weighted by Gasteiger charge is -2.08. The minimum Gasteiger partial charge on any atom is -0.491 e. The van der Waals surface area contributed by atoms with Crippen LogP contribution in [0.2, 0.25) is 0 Å². The molecule has 5 heteroatoms. The molecule has 3 aromatic rings. The zero-order valence-electron chi connectivity index (χ0n) is 13.4. The maximum atomic E-state index is 13.8. The number of nitrogens with one attached hydrogen (secondary N) is 2. The predicted molar refractivity (Wildman–Crippen MR) is 91.4 cm³/mol. The second-order valence-electron chi connectivity index (χ2n) is 5.51. The molecule has 2 aromatic carbocycles. The molecule has 0 atom stereocenters. The van der Waals surface area contributed by atoms with Gasteiger partial charge < -0.3 is 15.0 Å². The monoisotopic (exact) mass is 326 g/mol. The molecule has 0 spiro atoms. The number of ether oxygens (including phenoxy) is 1. The quantitative estimate of drug-likeness (QED) is 0.728. The molecular formula is C19H19FN2O2. The highest BCUT2D eigenvalue weighted by Crippen LogP contribution is 2.19. The summed E-state index contributed by atoms with van der Waals surface area (Å²) in [5.74, 6) is -0.291. The van der Waals surface area contributed by atoms with E-state index >= 15 is 0 Å². The number of fused-ring (bicyclic) bond motifs is 1. The Balaban J connectivity index is 1.60. The number of H-pyrrole nitrogens is 1. The summed E-state index contributed by atoms with van der Waals surface area (Å²) in [5, 5.41) is 3.86. The Kier molecular flexibility index (Phi) is 4.79. The molecule has 0 aliphatic rings. The van der Waals surface area contributed by atoms with Gasteiger partial charge in [0.15, 0.2) is 11.6 Å². The first-order chi connectivity index (χ1) is 11.7. The van der Waals surface area contributed by atoms with E-state index in [1.54, 1.807) is 19.1 Å². The summed E-state index contributed by atoms with van der Waals surface area (Å²) < 4.78 is 19.0. The highest BCUT2D eigenvalue weighted by Gasteiger charge is 2.09. The van der Waals surface area contributed by atoms with Crippen LogP contribution in [0, 0.1) is 5.82 Å². The van der Waals surface area contributed by atoms with Gasteiger partial charge >= 0.3 is 0 Å². The zero-order chi connectivity index (χ0) is 16.9. The van der Waals surface area contributed by atoms with Crippen molar-refractivity contribution in [2.75, 3.05) is 6.61 Å². The number of hydrogen-bond acceptors (Lipinski definition) is 2. The summed E-state index contributed by atoms with van der Waals surface area (Å²) in [5.41, 5.74) is 2.65. The average molecular weight is 326 g/mol. The first-order valence-electron chi connectivity index (χ1n) is 7.90. The summed E-state index contributed by atoms with van der Waals surface area (Å²) >= 11 is 0. The van der Waals surface area contributed by atoms with E-state index in [0.29, 0.717) is 12.2 Å². The van der Waals surface area contributed by atoms with Crippen molar-refractivity contribution in [3.05, 3.63) is 65.6 Å². The lowest BCUT2D eigenvalue weighted by atomic mass is 10.1. The minimum atomic E-state index is -0.416. The van der Waals surface area contributed by atoms with E-state index in [9.17, 15) is 9.18 Å². The number of aromatic amines is 1. The van der Waals surface area contributed by atoms with Crippen molar-refractivity contribution >= 4 is 16.8 Å². The number of rotatable bonds is 6. The lowest BCUT2D eigenvalue weighted by molar-refractivity contribution is -0.120. The number of carbonyl (C=O) groups is 1. The molecule has 1 aromatic heterocycles. The number of aromatic nitrogens is 1. The molecule has 4 nitrogen and oxygen atoms in total. The van der Waals surface area contributed by atoms with Gasteiger partial charge in [-0.2, -0.15) is 0 Å². The van der Waals surface area contributed by atoms with Crippen LogP contribution >= 0.6 is 0 Å². The van der Waals surface area contributed by atoms with Crippen LogP contribution in [-0.4, -0.2) is 17.5 Å². The molecule has 0 saturated carbocycles. The normalized spacial score (nSPS) is 10.8. The molecule has 0 fully saturated rings. The van der Waals surface area contributed by atoms with Crippen molar-refractivity contribution < 1.29 is 13.9 Å². The average Bonchev–Trinajstić information content (AvgIpc) is 2.98. The standard InChI is InChI=1S/C19H19FN2O2/c1-2-24-18-8-7-13(9-16(18)20)11-22-19(23)10-14-12-21-17-6-4-3-5-15(14)17/h3-9,12,21H,2,10-11H2,1H3,(H,22,23). The molecule has 0 bridgehead atoms. The second-order valence-corrected chi connectivity index (χ2v) is 5.51. The summed E-state index contributed by atoms with van der Waals surface area (Å²) in [4.78, 5) is 15.3. The second kappa shape index (κ2) is 7.17. The molecule has 0 saturated heterocycles. The molecule has 2 N–H and O–H groups in total. The highest BCUT2D eigenvalue weighted by atomic mass is 19.1. The molecule has 1 heterocycles. The van der Waals surface area contributed by atoms with E-state index in [4.69, 9.17) is 4.74 Å². The summed E-state index contributed by atoms with van der Waals surface area (Å²) in [7, 11) is 0. The number of halogens is 1. The van der Waals surface area contributed by atoms with Gasteiger partial charge in [-0.05, 0) is 36.2 Å². The van der Waals surface area contributed by atoms with E-state index < -0.39 is 5.82 Å². The molecule has 124 valence electrons. The van der Waals surface area contributed by atoms with E-state index in [1.165, 1.54) is 6.07 Å². The van der Waals surface area contributed by atoms with Crippen LogP contribution in [0.4, 0.5) is 4.39 Å². The third-order valence-corrected chi connectivity index (χ3v) is 3.81. The van der Waals surface area contributed by atoms with Gasteiger partial charge in [-0.3, -0.25) is 4.79 Å². The third-order valence-electron chi connectivity index (χ3n) is 3.81. The Morgan fingerprint density at radius 1 is 1.25 bits per heavy atom. The zero-order valence-corrected chi connectivity index (χ0v) is 13.4. The fourth-order valence-corrected chi connectivity index (χ4v) is 2.64. The Labute approximate surface area is 139 Å². The van der Waals surface area contributed by atoms with Crippen LogP contribution in [0.1, 0.15) is 18.1 Å². The Morgan fingerprint density at radius 3 is 2.88 bits per heavy atom. The van der Waals surface area contributed by atoms with Crippen LogP contribution in [0.3, 0.4) is 0 Å². The molecule has 3 rings (SSSR count). The van der Waals surface area contributed by atoms with Gasteiger partial charge in [0.1, 0.15) is 0 Å². The van der Waals surface area contributed by atoms with Crippen LogP contribution in [0.15, 0.2) is 48.7 Å². The maximum absolute atomic E-state index is 13.8. The third kappa shape index (κ3) is 3.56. The van der Waals surface area contributed by atoms with Crippen LogP contribution in [-0.2, 0) is 17.8 Å². The SMILES string of the molecule is CCOc1ccc(CNC(=O)Cc2c[nH]c3ccccc23)cc1F. The van der Waals surface area contributed by atoms with E-state index in [-0.39, 0.29) is 24.6 Å². The van der Waals surface area contributed by atoms with Gasteiger partial charge in [0.25, 0.3) is 0 Å². The van der Waals surface area contributed by atoms with Crippen LogP contribution < -0.4 is 10.1 Å². The number of hydrogen-bond donors (Lipinski definition) is 2. The summed E-state index contributed by atoms with van der Waals surface area (Å²) in [6.07, 6.45) is 2.13. The Hall–Kier alpha value is -2.82. The maximum Gasteiger partial charge on any atom is 0.224 e. The molecule has 0 unspecified atom stereocenters. The molecule has 0 radical (unpaired) electrons. The molecule has 0 aliphatic heterocycles. The van der Waals surface area contributed by atoms with Crippen molar-refractivity contribution in [3.8, 4) is 5.75 Å². The van der Waals surface area contributed by atoms with E-state index in [1.807, 2.05) is 30.5 Å². The molecule has 1 amide bonds. The summed E-state index contributed by atoms with van der Waals surface area (Å²) in [6, 6.07) is 12.6. The Morgan fingerprint density at radius 2 is 2.08 bits per heavy atom. The first kappa shape index (κ1) is 16.1. The minimum absolute atomic E-state index is 0.103.